The van der Waals surface area contributed by atoms with Crippen molar-refractivity contribution in [2.75, 3.05) is 12.8 Å². The van der Waals surface area contributed by atoms with Gasteiger partial charge in [0.1, 0.15) is 5.82 Å². The number of hydrogen-bond acceptors (Lipinski definition) is 4. The van der Waals surface area contributed by atoms with E-state index in [0.29, 0.717) is 11.0 Å². The molecule has 0 aliphatic carbocycles. The number of nitrogens with zero attached hydrogens (tertiary/aromatic N) is 2. The highest BCUT2D eigenvalue weighted by Gasteiger charge is 2.16. The predicted octanol–water partition coefficient (Wildman–Crippen LogP) is 1.08. The molecule has 0 atom stereocenters. The quantitative estimate of drug-likeness (QED) is 0.734. The van der Waals surface area contributed by atoms with E-state index >= 15 is 0 Å². The fourth-order valence-corrected chi connectivity index (χ4v) is 1.50. The second kappa shape index (κ2) is 3.48. The van der Waals surface area contributed by atoms with Crippen LogP contribution in [0.3, 0.4) is 0 Å². The van der Waals surface area contributed by atoms with E-state index in [-0.39, 0.29) is 11.5 Å². The van der Waals surface area contributed by atoms with Crippen LogP contribution in [0.4, 0.5) is 10.3 Å². The minimum absolute atomic E-state index is 0.145. The van der Waals surface area contributed by atoms with Crippen LogP contribution >= 0.6 is 0 Å². The topological polar surface area (TPSA) is 70.1 Å². The molecule has 0 saturated carbocycles. The Kier molecular flexibility index (Phi) is 2.26. The molecule has 1 aromatic carbocycles. The molecule has 0 unspecified atom stereocenters. The summed E-state index contributed by atoms with van der Waals surface area (Å²) in [6, 6.07) is 2.54. The summed E-state index contributed by atoms with van der Waals surface area (Å²) in [7, 11) is 2.86. The van der Waals surface area contributed by atoms with Gasteiger partial charge in [-0.05, 0) is 6.07 Å². The SMILES string of the molecule is COC(=O)c1cc2nc(N)n(C)c2cc1F. The number of anilines is 1. The molecule has 6 heteroatoms. The van der Waals surface area contributed by atoms with E-state index < -0.39 is 11.8 Å². The summed E-state index contributed by atoms with van der Waals surface area (Å²) in [5, 5.41) is 0. The van der Waals surface area contributed by atoms with Crippen LogP contribution in [0, 0.1) is 5.82 Å². The van der Waals surface area contributed by atoms with E-state index in [9.17, 15) is 9.18 Å². The second-order valence-corrected chi connectivity index (χ2v) is 3.34. The van der Waals surface area contributed by atoms with E-state index in [1.54, 1.807) is 11.6 Å². The zero-order valence-corrected chi connectivity index (χ0v) is 8.82. The number of ether oxygens (including phenoxy) is 1. The monoisotopic (exact) mass is 223 g/mol. The summed E-state index contributed by atoms with van der Waals surface area (Å²) < 4.78 is 19.6. The molecule has 2 aromatic rings. The lowest BCUT2D eigenvalue weighted by Gasteiger charge is -2.01. The average molecular weight is 223 g/mol. The molecule has 0 amide bonds. The van der Waals surface area contributed by atoms with Crippen molar-refractivity contribution >= 4 is 23.0 Å². The number of benzene rings is 1. The van der Waals surface area contributed by atoms with E-state index in [2.05, 4.69) is 9.72 Å². The molecule has 0 spiro atoms. The zero-order valence-electron chi connectivity index (χ0n) is 8.82. The van der Waals surface area contributed by atoms with Crippen LogP contribution in [0.15, 0.2) is 12.1 Å². The van der Waals surface area contributed by atoms with Gasteiger partial charge < -0.3 is 15.0 Å². The van der Waals surface area contributed by atoms with Crippen molar-refractivity contribution in [2.24, 2.45) is 7.05 Å². The van der Waals surface area contributed by atoms with Gasteiger partial charge in [0, 0.05) is 13.1 Å². The fraction of sp³-hybridized carbons (Fsp3) is 0.200. The number of imidazole rings is 1. The Labute approximate surface area is 90.6 Å². The summed E-state index contributed by atoms with van der Waals surface area (Å²) in [5.74, 6) is -1.12. The Morgan fingerprint density at radius 2 is 2.25 bits per heavy atom. The van der Waals surface area contributed by atoms with E-state index in [1.807, 2.05) is 0 Å². The first kappa shape index (κ1) is 10.4. The lowest BCUT2D eigenvalue weighted by molar-refractivity contribution is 0.0595. The second-order valence-electron chi connectivity index (χ2n) is 3.34. The molecule has 0 radical (unpaired) electrons. The number of hydrogen-bond donors (Lipinski definition) is 1. The van der Waals surface area contributed by atoms with Gasteiger partial charge in [0.05, 0.1) is 23.7 Å². The Morgan fingerprint density at radius 1 is 1.56 bits per heavy atom. The zero-order chi connectivity index (χ0) is 11.9. The van der Waals surface area contributed by atoms with E-state index in [4.69, 9.17) is 5.73 Å². The van der Waals surface area contributed by atoms with Crippen LogP contribution in [-0.2, 0) is 11.8 Å². The van der Waals surface area contributed by atoms with E-state index in [0.717, 1.165) is 0 Å². The van der Waals surface area contributed by atoms with Gasteiger partial charge in [-0.3, -0.25) is 0 Å². The van der Waals surface area contributed by atoms with Gasteiger partial charge in [-0.2, -0.15) is 0 Å². The molecule has 16 heavy (non-hydrogen) atoms. The summed E-state index contributed by atoms with van der Waals surface area (Å²) >= 11 is 0. The maximum absolute atomic E-state index is 13.6. The van der Waals surface area contributed by atoms with Crippen molar-refractivity contribution in [2.45, 2.75) is 0 Å². The van der Waals surface area contributed by atoms with Crippen molar-refractivity contribution in [1.29, 1.82) is 0 Å². The van der Waals surface area contributed by atoms with Crippen LogP contribution in [0.5, 0.6) is 0 Å². The molecule has 0 aliphatic heterocycles. The third-order valence-electron chi connectivity index (χ3n) is 2.41. The number of aromatic nitrogens is 2. The fourth-order valence-electron chi connectivity index (χ4n) is 1.50. The van der Waals surface area contributed by atoms with Crippen molar-refractivity contribution in [3.8, 4) is 0 Å². The highest BCUT2D eigenvalue weighted by Crippen LogP contribution is 2.21. The molecular formula is C10H10FN3O2. The predicted molar refractivity (Wildman–Crippen MR) is 56.4 cm³/mol. The number of carbonyl (C=O) groups excluding carboxylic acids is 1. The molecule has 0 fully saturated rings. The standard InChI is InChI=1S/C10H10FN3O2/c1-14-8-4-6(11)5(9(15)16-2)3-7(8)13-10(14)12/h3-4H,1-2H3,(H2,12,13). The van der Waals surface area contributed by atoms with Gasteiger partial charge >= 0.3 is 5.97 Å². The molecule has 0 saturated heterocycles. The minimum Gasteiger partial charge on any atom is -0.465 e. The smallest absolute Gasteiger partial charge is 0.340 e. The first-order valence-electron chi connectivity index (χ1n) is 4.54. The number of esters is 1. The first-order chi connectivity index (χ1) is 7.54. The van der Waals surface area contributed by atoms with Crippen LogP contribution in [-0.4, -0.2) is 22.6 Å². The summed E-state index contributed by atoms with van der Waals surface area (Å²) in [6.07, 6.45) is 0. The molecule has 2 N–H and O–H groups in total. The Hall–Kier alpha value is -2.11. The Balaban J connectivity index is 2.72. The van der Waals surface area contributed by atoms with Gasteiger partial charge in [-0.1, -0.05) is 0 Å². The van der Waals surface area contributed by atoms with Gasteiger partial charge in [-0.25, -0.2) is 14.2 Å². The third-order valence-corrected chi connectivity index (χ3v) is 2.41. The molecule has 84 valence electrons. The number of nitrogen functional groups attached to an aromatic ring is 1. The Morgan fingerprint density at radius 3 is 2.88 bits per heavy atom. The molecule has 2 rings (SSSR count). The van der Waals surface area contributed by atoms with Crippen molar-refractivity contribution in [3.05, 3.63) is 23.5 Å². The Bertz CT molecular complexity index is 577. The molecule has 0 aliphatic rings. The van der Waals surface area contributed by atoms with Crippen LogP contribution in [0.2, 0.25) is 0 Å². The van der Waals surface area contributed by atoms with Crippen LogP contribution in [0.1, 0.15) is 10.4 Å². The molecule has 5 nitrogen and oxygen atoms in total. The number of aryl methyl sites for hydroxylation is 1. The van der Waals surface area contributed by atoms with Gasteiger partial charge in [-0.15, -0.1) is 0 Å². The lowest BCUT2D eigenvalue weighted by Crippen LogP contribution is -2.04. The van der Waals surface area contributed by atoms with Gasteiger partial charge in [0.15, 0.2) is 0 Å². The van der Waals surface area contributed by atoms with Crippen LogP contribution in [0.25, 0.3) is 11.0 Å². The maximum Gasteiger partial charge on any atom is 0.340 e. The number of rotatable bonds is 1. The number of nitrogens with two attached hydrogens (primary N) is 1. The summed E-state index contributed by atoms with van der Waals surface area (Å²) in [6.45, 7) is 0. The van der Waals surface area contributed by atoms with Gasteiger partial charge in [0.2, 0.25) is 5.95 Å². The average Bonchev–Trinajstić information content (AvgIpc) is 2.53. The van der Waals surface area contributed by atoms with Crippen molar-refractivity contribution < 1.29 is 13.9 Å². The third kappa shape index (κ3) is 1.39. The van der Waals surface area contributed by atoms with Crippen LogP contribution < -0.4 is 5.73 Å². The maximum atomic E-state index is 13.6. The van der Waals surface area contributed by atoms with Crippen molar-refractivity contribution in [3.63, 3.8) is 0 Å². The molecular weight excluding hydrogens is 213 g/mol. The van der Waals surface area contributed by atoms with Gasteiger partial charge in [0.25, 0.3) is 0 Å². The highest BCUT2D eigenvalue weighted by atomic mass is 19.1. The first-order valence-corrected chi connectivity index (χ1v) is 4.54. The highest BCUT2D eigenvalue weighted by molar-refractivity contribution is 5.94. The normalized spacial score (nSPS) is 10.7. The summed E-state index contributed by atoms with van der Waals surface area (Å²) in [4.78, 5) is 15.2. The van der Waals surface area contributed by atoms with E-state index in [1.165, 1.54) is 19.2 Å². The minimum atomic E-state index is -0.733. The molecule has 1 heterocycles. The molecule has 0 bridgehead atoms. The number of carbonyl (C=O) groups is 1. The number of halogens is 1. The molecule has 1 aromatic heterocycles. The summed E-state index contributed by atoms with van der Waals surface area (Å²) in [5.41, 5.74) is 6.42. The van der Waals surface area contributed by atoms with Crippen molar-refractivity contribution in [1.82, 2.24) is 9.55 Å². The largest absolute Gasteiger partial charge is 0.465 e. The lowest BCUT2D eigenvalue weighted by atomic mass is 10.2. The number of fused-ring (bicyclic) bond motifs is 1. The number of methoxy groups -OCH3 is 1.